The van der Waals surface area contributed by atoms with Crippen LogP contribution in [0.25, 0.3) is 54.5 Å². The highest BCUT2D eigenvalue weighted by Crippen LogP contribution is 2.26. The van der Waals surface area contributed by atoms with Crippen LogP contribution in [0.4, 0.5) is 0 Å². The summed E-state index contributed by atoms with van der Waals surface area (Å²) in [5.41, 5.74) is 35.8. The number of fused-ring (bicyclic) bond motifs is 5. The number of aliphatic carboxylic acids is 1. The fourth-order valence-corrected chi connectivity index (χ4v) is 13.9. The molecule has 115 heavy (non-hydrogen) atoms. The number of hydrogen-bond donors (Lipinski definition) is 27. The van der Waals surface area contributed by atoms with E-state index in [0.29, 0.717) is 55.0 Å². The monoisotopic (exact) mass is 1570 g/mol. The van der Waals surface area contributed by atoms with Crippen molar-refractivity contribution >= 4 is 132 Å². The van der Waals surface area contributed by atoms with E-state index >= 15 is 24.0 Å². The largest absolute Gasteiger partial charge is 0.480 e. The molecule has 5 aromatic carbocycles. The van der Waals surface area contributed by atoms with Gasteiger partial charge in [-0.25, -0.2) is 4.79 Å². The number of guanidine groups is 4. The summed E-state index contributed by atoms with van der Waals surface area (Å²) in [6, 6.07) is 23.3. The number of aromatic nitrogens is 5. The van der Waals surface area contributed by atoms with E-state index < -0.39 is 114 Å². The zero-order valence-electron chi connectivity index (χ0n) is 63.2. The highest BCUT2D eigenvalue weighted by atomic mass is 16.4. The average molecular weight is 1570 g/mol. The highest BCUT2D eigenvalue weighted by Gasteiger charge is 2.37. The van der Waals surface area contributed by atoms with Crippen LogP contribution in [0.3, 0.4) is 0 Å². The SMILES string of the molecule is N=C(N)NCCC[C@H](NC(=O)[C@H](CCCNC(=N)N)NC(=O)[C@H](Cc1c[nH]c2ccccc12)NC(=O)[C@H](Cc1c[nH]c2ccccc12)NC(=O)[C@H](CCCNC(=N)N)NC(=O)[C@H](CCCNC(=N)N)NC(=O)[C@@H](N)Cc1c[nH]c2ccccc12)C(=O)N[C@@H](Cc1c[nH]c2ccccc12)C(=O)N[C@@H](Cc1c[nH]c2ccccc12)C(=O)O. The van der Waals surface area contributed by atoms with E-state index in [4.69, 9.17) is 50.3 Å². The van der Waals surface area contributed by atoms with E-state index in [0.717, 1.165) is 27.4 Å². The van der Waals surface area contributed by atoms with Crippen molar-refractivity contribution in [2.75, 3.05) is 26.2 Å². The van der Waals surface area contributed by atoms with Gasteiger partial charge in [0.2, 0.25) is 47.3 Å². The molecule has 9 atom stereocenters. The van der Waals surface area contributed by atoms with E-state index in [1.165, 1.54) is 0 Å². The van der Waals surface area contributed by atoms with Crippen LogP contribution in [0, 0.1) is 21.6 Å². The lowest BCUT2D eigenvalue weighted by Gasteiger charge is -2.28. The molecule has 0 aliphatic carbocycles. The normalized spacial score (nSPS) is 13.6. The summed E-state index contributed by atoms with van der Waals surface area (Å²) in [4.78, 5) is 150. The van der Waals surface area contributed by atoms with Crippen LogP contribution < -0.4 is 92.5 Å². The Morgan fingerprint density at radius 3 is 0.739 bits per heavy atom. The van der Waals surface area contributed by atoms with Gasteiger partial charge in [-0.1, -0.05) is 91.0 Å². The third-order valence-corrected chi connectivity index (χ3v) is 19.8. The molecular weight excluding hydrogens is 1470 g/mol. The summed E-state index contributed by atoms with van der Waals surface area (Å²) in [6.45, 7) is 0.246. The lowest BCUT2D eigenvalue weighted by atomic mass is 10.00. The van der Waals surface area contributed by atoms with Crippen molar-refractivity contribution in [3.8, 4) is 0 Å². The minimum atomic E-state index is -1.58. The van der Waals surface area contributed by atoms with E-state index in [1.807, 2.05) is 78.9 Å². The van der Waals surface area contributed by atoms with Crippen molar-refractivity contribution in [2.45, 2.75) is 138 Å². The maximum atomic E-state index is 15.7. The lowest BCUT2D eigenvalue weighted by Crippen LogP contribution is -2.61. The first-order chi connectivity index (χ1) is 55.3. The Morgan fingerprint density at radius 1 is 0.296 bits per heavy atom. The number of amides is 8. The van der Waals surface area contributed by atoms with Crippen molar-refractivity contribution < 1.29 is 48.3 Å². The molecule has 32 N–H and O–H groups in total. The number of carbonyl (C=O) groups excluding carboxylic acids is 8. The molecule has 0 unspecified atom stereocenters. The van der Waals surface area contributed by atoms with Gasteiger partial charge in [-0.3, -0.25) is 60.0 Å². The zero-order chi connectivity index (χ0) is 82.1. The van der Waals surface area contributed by atoms with Crippen LogP contribution in [0.15, 0.2) is 152 Å². The molecule has 10 aromatic rings. The number of carbonyl (C=O) groups is 9. The number of benzene rings is 5. The van der Waals surface area contributed by atoms with Crippen LogP contribution in [0.1, 0.15) is 79.2 Å². The summed E-state index contributed by atoms with van der Waals surface area (Å²) in [7, 11) is 0. The molecular formula is C79H100N26O10. The number of rotatable bonds is 43. The van der Waals surface area contributed by atoms with E-state index in [9.17, 15) is 24.3 Å². The molecule has 0 spiro atoms. The Labute approximate surface area is 660 Å². The third-order valence-electron chi connectivity index (χ3n) is 19.8. The Balaban J connectivity index is 0.943. The fraction of sp³-hybridized carbons (Fsp3) is 0.329. The summed E-state index contributed by atoms with van der Waals surface area (Å²) in [6.07, 6.45) is 7.67. The molecule has 0 radical (unpaired) electrons. The second kappa shape index (κ2) is 40.3. The second-order valence-corrected chi connectivity index (χ2v) is 28.2. The van der Waals surface area contributed by atoms with Crippen LogP contribution in [0.2, 0.25) is 0 Å². The van der Waals surface area contributed by atoms with Gasteiger partial charge in [0.05, 0.1) is 6.04 Å². The Hall–Kier alpha value is -13.9. The average Bonchev–Trinajstić information content (AvgIpc) is 1.74. The minimum absolute atomic E-state index is 0.0197. The number of aromatic amines is 5. The van der Waals surface area contributed by atoms with E-state index in [-0.39, 0.29) is 128 Å². The topological polar surface area (TPSA) is 623 Å². The highest BCUT2D eigenvalue weighted by molar-refractivity contribution is 6.00. The minimum Gasteiger partial charge on any atom is -0.480 e. The van der Waals surface area contributed by atoms with Crippen LogP contribution in [0.5, 0.6) is 0 Å². The Kier molecular flexibility index (Phi) is 29.3. The van der Waals surface area contributed by atoms with E-state index in [1.54, 1.807) is 73.4 Å². The standard InChI is InChI=1S/C79H100N26O10/c80-53(33-43-38-93-54-20-6-1-15-48(43)54)67(106)98-59(25-11-29-89-76(81)82)68(107)99-61(27-13-31-91-78(85)86)70(109)102-64(35-45-40-95-56-22-8-3-17-50(45)56)73(112)104-63(34-44-39-94-55-21-7-2-16-49(44)55)72(111)101-60(26-12-30-90-77(83)84)69(108)100-62(28-14-32-92-79(87)88)71(110)103-65(36-46-41-96-57-23-9-4-18-51(46)57)74(113)105-66(75(114)115)37-47-42-97-58-24-10-5-19-52(47)58/h1-10,15-24,38-42,53,59-66,93-97H,11-14,25-37,80H2,(H,98,106)(H,99,107)(H,100,108)(H,101,111)(H,102,109)(H,103,110)(H,104,112)(H,105,113)(H,114,115)(H4,81,82,89)(H4,83,84,90)(H4,85,86,91)(H4,87,88,92)/t53-,59-,60-,61-,62-,63-,64-,65-,66-/m0/s1. The first-order valence-corrected chi connectivity index (χ1v) is 37.8. The summed E-state index contributed by atoms with van der Waals surface area (Å²) < 4.78 is 0. The molecule has 36 heteroatoms. The third kappa shape index (κ3) is 23.6. The molecule has 5 aromatic heterocycles. The van der Waals surface area contributed by atoms with Gasteiger partial charge in [0.1, 0.15) is 48.3 Å². The summed E-state index contributed by atoms with van der Waals surface area (Å²) in [5, 5.41) is 78.7. The number of para-hydroxylation sites is 5. The first-order valence-electron chi connectivity index (χ1n) is 37.8. The zero-order valence-corrected chi connectivity index (χ0v) is 63.2. The maximum absolute atomic E-state index is 15.7. The molecule has 0 saturated carbocycles. The number of nitrogens with one attached hydrogen (secondary N) is 21. The number of hydrogen-bond acceptors (Lipinski definition) is 14. The molecule has 10 rings (SSSR count). The molecule has 0 bridgehead atoms. The van der Waals surface area contributed by atoms with Crippen LogP contribution in [-0.4, -0.2) is 188 Å². The summed E-state index contributed by atoms with van der Waals surface area (Å²) in [5.74, 6) is -9.71. The first kappa shape index (κ1) is 83.5. The van der Waals surface area contributed by atoms with Crippen molar-refractivity contribution in [3.63, 3.8) is 0 Å². The number of carboxylic acid groups (broad SMARTS) is 1. The van der Waals surface area contributed by atoms with Crippen LogP contribution >= 0.6 is 0 Å². The number of nitrogens with two attached hydrogens (primary N) is 5. The molecule has 36 nitrogen and oxygen atoms in total. The number of H-pyrrole nitrogens is 5. The van der Waals surface area contributed by atoms with Crippen molar-refractivity contribution in [3.05, 3.63) is 180 Å². The quantitative estimate of drug-likeness (QED) is 0.0144. The molecule has 8 amide bonds. The van der Waals surface area contributed by atoms with Gasteiger partial charge in [0, 0.05) is 137 Å². The summed E-state index contributed by atoms with van der Waals surface area (Å²) >= 11 is 0. The predicted octanol–water partition coefficient (Wildman–Crippen LogP) is 0.950. The van der Waals surface area contributed by atoms with Crippen molar-refractivity contribution in [1.82, 2.24) is 88.7 Å². The molecule has 5 heterocycles. The van der Waals surface area contributed by atoms with Gasteiger partial charge in [-0.05, 0) is 116 Å². The maximum Gasteiger partial charge on any atom is 0.326 e. The van der Waals surface area contributed by atoms with Gasteiger partial charge in [0.25, 0.3) is 0 Å². The molecule has 0 fully saturated rings. The Bertz CT molecular complexity index is 5140. The van der Waals surface area contributed by atoms with Crippen molar-refractivity contribution in [2.24, 2.45) is 28.7 Å². The second-order valence-electron chi connectivity index (χ2n) is 28.2. The fourth-order valence-electron chi connectivity index (χ4n) is 13.9. The smallest absolute Gasteiger partial charge is 0.326 e. The van der Waals surface area contributed by atoms with Gasteiger partial charge < -0.3 is 122 Å². The van der Waals surface area contributed by atoms with Gasteiger partial charge in [0.15, 0.2) is 23.8 Å². The molecule has 606 valence electrons. The van der Waals surface area contributed by atoms with Crippen LogP contribution in [-0.2, 0) is 75.3 Å². The predicted molar refractivity (Wildman–Crippen MR) is 438 cm³/mol. The van der Waals surface area contributed by atoms with Gasteiger partial charge in [-0.15, -0.1) is 0 Å². The lowest BCUT2D eigenvalue weighted by molar-refractivity contribution is -0.142. The molecule has 0 aliphatic rings. The van der Waals surface area contributed by atoms with E-state index in [2.05, 4.69) is 88.7 Å². The molecule has 0 saturated heterocycles. The van der Waals surface area contributed by atoms with Crippen molar-refractivity contribution in [1.29, 1.82) is 21.6 Å². The van der Waals surface area contributed by atoms with Gasteiger partial charge >= 0.3 is 5.97 Å². The van der Waals surface area contributed by atoms with Gasteiger partial charge in [-0.2, -0.15) is 0 Å². The number of carboxylic acids is 1. The Morgan fingerprint density at radius 2 is 0.496 bits per heavy atom. The molecule has 0 aliphatic heterocycles.